The van der Waals surface area contributed by atoms with E-state index in [0.29, 0.717) is 10.3 Å². The van der Waals surface area contributed by atoms with E-state index >= 15 is 0 Å². The van der Waals surface area contributed by atoms with E-state index in [2.05, 4.69) is 26.2 Å². The first-order valence-electron chi connectivity index (χ1n) is 7.93. The third-order valence-corrected chi connectivity index (χ3v) is 5.64. The maximum atomic E-state index is 12.9. The topological polar surface area (TPSA) is 107 Å². The lowest BCUT2D eigenvalue weighted by Crippen LogP contribution is -2.31. The van der Waals surface area contributed by atoms with Crippen LogP contribution in [0, 0.1) is 0 Å². The van der Waals surface area contributed by atoms with Gasteiger partial charge in [0.05, 0.1) is 10.5 Å². The molecule has 0 radical (unpaired) electrons. The Hall–Kier alpha value is -2.49. The molecule has 1 amide bonds. The van der Waals surface area contributed by atoms with Gasteiger partial charge >= 0.3 is 0 Å². The highest BCUT2D eigenvalue weighted by molar-refractivity contribution is 9.10. The molecule has 0 aliphatic rings. The van der Waals surface area contributed by atoms with Crippen LogP contribution >= 0.6 is 15.9 Å². The number of hydrogen-bond donors (Lipinski definition) is 2. The van der Waals surface area contributed by atoms with Crippen LogP contribution in [0.1, 0.15) is 27.8 Å². The van der Waals surface area contributed by atoms with Gasteiger partial charge in [-0.25, -0.2) is 18.5 Å². The molecule has 3 N–H and O–H groups in total. The summed E-state index contributed by atoms with van der Waals surface area (Å²) in [6.45, 7) is 0. The molecule has 0 aliphatic heterocycles. The van der Waals surface area contributed by atoms with Crippen LogP contribution in [0.25, 0.3) is 0 Å². The predicted octanol–water partition coefficient (Wildman–Crippen LogP) is 2.35. The SMILES string of the molecule is Cn1ccnc1C(NC(=O)c1cc(S(N)(=O)=O)ccc1Br)c1ccccc1. The van der Waals surface area contributed by atoms with E-state index < -0.39 is 22.0 Å². The number of halogens is 1. The Morgan fingerprint density at radius 3 is 2.52 bits per heavy atom. The number of hydrogen-bond acceptors (Lipinski definition) is 4. The maximum absolute atomic E-state index is 12.9. The Morgan fingerprint density at radius 2 is 1.93 bits per heavy atom. The van der Waals surface area contributed by atoms with E-state index in [0.717, 1.165) is 5.56 Å². The fourth-order valence-corrected chi connectivity index (χ4v) is 3.63. The van der Waals surface area contributed by atoms with Crippen molar-refractivity contribution in [3.63, 3.8) is 0 Å². The summed E-state index contributed by atoms with van der Waals surface area (Å²) in [6.07, 6.45) is 3.43. The summed E-state index contributed by atoms with van der Waals surface area (Å²) < 4.78 is 25.5. The van der Waals surface area contributed by atoms with Crippen molar-refractivity contribution in [1.82, 2.24) is 14.9 Å². The van der Waals surface area contributed by atoms with E-state index in [1.165, 1.54) is 18.2 Å². The number of primary sulfonamides is 1. The Kier molecular flexibility index (Phi) is 5.45. The Balaban J connectivity index is 2.00. The van der Waals surface area contributed by atoms with E-state index in [-0.39, 0.29) is 10.5 Å². The van der Waals surface area contributed by atoms with Gasteiger partial charge in [-0.1, -0.05) is 30.3 Å². The third-order valence-electron chi connectivity index (χ3n) is 4.04. The van der Waals surface area contributed by atoms with Crippen molar-refractivity contribution in [3.05, 3.63) is 82.3 Å². The van der Waals surface area contributed by atoms with Gasteiger partial charge < -0.3 is 9.88 Å². The second-order valence-corrected chi connectivity index (χ2v) is 8.32. The highest BCUT2D eigenvalue weighted by Gasteiger charge is 2.23. The minimum atomic E-state index is -3.92. The number of sulfonamides is 1. The van der Waals surface area contributed by atoms with Gasteiger partial charge in [0.25, 0.3) is 5.91 Å². The predicted molar refractivity (Wildman–Crippen MR) is 104 cm³/mol. The molecule has 0 bridgehead atoms. The number of carbonyl (C=O) groups excluding carboxylic acids is 1. The number of rotatable bonds is 5. The van der Waals surface area contributed by atoms with Crippen molar-refractivity contribution in [1.29, 1.82) is 0 Å². The number of imidazole rings is 1. The van der Waals surface area contributed by atoms with Crippen LogP contribution in [-0.4, -0.2) is 23.9 Å². The Labute approximate surface area is 165 Å². The van der Waals surface area contributed by atoms with Gasteiger partial charge in [0.2, 0.25) is 10.0 Å². The minimum Gasteiger partial charge on any atom is -0.338 e. The van der Waals surface area contributed by atoms with Crippen LogP contribution in [0.15, 0.2) is 70.3 Å². The largest absolute Gasteiger partial charge is 0.338 e. The molecule has 0 aliphatic carbocycles. The van der Waals surface area contributed by atoms with Crippen molar-refractivity contribution in [2.75, 3.05) is 0 Å². The fourth-order valence-electron chi connectivity index (χ4n) is 2.66. The summed E-state index contributed by atoms with van der Waals surface area (Å²) >= 11 is 3.29. The Bertz CT molecular complexity index is 1080. The monoisotopic (exact) mass is 448 g/mol. The molecule has 0 spiro atoms. The first kappa shape index (κ1) is 19.3. The summed E-state index contributed by atoms with van der Waals surface area (Å²) in [5.74, 6) is 0.192. The molecule has 3 rings (SSSR count). The van der Waals surface area contributed by atoms with Crippen molar-refractivity contribution in [3.8, 4) is 0 Å². The van der Waals surface area contributed by atoms with Crippen LogP contribution in [0.5, 0.6) is 0 Å². The van der Waals surface area contributed by atoms with E-state index in [4.69, 9.17) is 5.14 Å². The molecule has 1 atom stereocenters. The average molecular weight is 449 g/mol. The lowest BCUT2D eigenvalue weighted by Gasteiger charge is -2.19. The standard InChI is InChI=1S/C18H17BrN4O3S/c1-23-10-9-21-17(23)16(12-5-3-2-4-6-12)22-18(24)14-11-13(27(20,25)26)7-8-15(14)19/h2-11,16H,1H3,(H,22,24)(H2,20,25,26). The maximum Gasteiger partial charge on any atom is 0.253 e. The zero-order valence-corrected chi connectivity index (χ0v) is 16.7. The molecule has 1 unspecified atom stereocenters. The van der Waals surface area contributed by atoms with Gasteiger partial charge in [-0.2, -0.15) is 0 Å². The van der Waals surface area contributed by atoms with Crippen LogP contribution < -0.4 is 10.5 Å². The smallest absolute Gasteiger partial charge is 0.253 e. The van der Waals surface area contributed by atoms with Crippen LogP contribution in [-0.2, 0) is 17.1 Å². The van der Waals surface area contributed by atoms with Crippen molar-refractivity contribution < 1.29 is 13.2 Å². The summed E-state index contributed by atoms with van der Waals surface area (Å²) in [7, 11) is -2.09. The number of carbonyl (C=O) groups is 1. The molecule has 0 fully saturated rings. The second kappa shape index (κ2) is 7.63. The molecular weight excluding hydrogens is 432 g/mol. The van der Waals surface area contributed by atoms with E-state index in [9.17, 15) is 13.2 Å². The highest BCUT2D eigenvalue weighted by Crippen LogP contribution is 2.24. The summed E-state index contributed by atoms with van der Waals surface area (Å²) in [5, 5.41) is 8.10. The number of nitrogens with one attached hydrogen (secondary N) is 1. The fraction of sp³-hybridized carbons (Fsp3) is 0.111. The first-order chi connectivity index (χ1) is 12.8. The third kappa shape index (κ3) is 4.26. The quantitative estimate of drug-likeness (QED) is 0.624. The number of nitrogens with two attached hydrogens (primary N) is 1. The van der Waals surface area contributed by atoms with Gasteiger partial charge in [-0.05, 0) is 39.7 Å². The van der Waals surface area contributed by atoms with Crippen LogP contribution in [0.3, 0.4) is 0 Å². The average Bonchev–Trinajstić information content (AvgIpc) is 3.05. The first-order valence-corrected chi connectivity index (χ1v) is 10.3. The van der Waals surface area contributed by atoms with Gasteiger partial charge in [0.15, 0.2) is 0 Å². The molecular formula is C18H17BrN4O3S. The van der Waals surface area contributed by atoms with Gasteiger partial charge in [-0.15, -0.1) is 0 Å². The van der Waals surface area contributed by atoms with Gasteiger partial charge in [0, 0.05) is 23.9 Å². The minimum absolute atomic E-state index is 0.135. The normalized spacial score (nSPS) is 12.6. The number of aromatic nitrogens is 2. The molecule has 1 heterocycles. The molecule has 1 aromatic heterocycles. The summed E-state index contributed by atoms with van der Waals surface area (Å²) in [5.41, 5.74) is 1.01. The lowest BCUT2D eigenvalue weighted by molar-refractivity contribution is 0.0940. The van der Waals surface area contributed by atoms with Crippen LogP contribution in [0.4, 0.5) is 0 Å². The summed E-state index contributed by atoms with van der Waals surface area (Å²) in [6, 6.07) is 12.9. The van der Waals surface area contributed by atoms with Crippen molar-refractivity contribution >= 4 is 31.9 Å². The molecule has 0 saturated carbocycles. The Morgan fingerprint density at radius 1 is 1.22 bits per heavy atom. The van der Waals surface area contributed by atoms with Crippen molar-refractivity contribution in [2.24, 2.45) is 12.2 Å². The molecule has 9 heteroatoms. The van der Waals surface area contributed by atoms with Crippen LogP contribution in [0.2, 0.25) is 0 Å². The number of benzene rings is 2. The van der Waals surface area contributed by atoms with E-state index in [1.807, 2.05) is 41.9 Å². The number of amides is 1. The molecule has 140 valence electrons. The van der Waals surface area contributed by atoms with E-state index in [1.54, 1.807) is 12.4 Å². The summed E-state index contributed by atoms with van der Waals surface area (Å²) in [4.78, 5) is 17.1. The zero-order chi connectivity index (χ0) is 19.6. The van der Waals surface area contributed by atoms with Gasteiger partial charge in [0.1, 0.15) is 11.9 Å². The second-order valence-electron chi connectivity index (χ2n) is 5.90. The molecule has 2 aromatic carbocycles. The molecule has 3 aromatic rings. The van der Waals surface area contributed by atoms with Crippen molar-refractivity contribution in [2.45, 2.75) is 10.9 Å². The van der Waals surface area contributed by atoms with Gasteiger partial charge in [-0.3, -0.25) is 4.79 Å². The molecule has 7 nitrogen and oxygen atoms in total. The number of aryl methyl sites for hydroxylation is 1. The lowest BCUT2D eigenvalue weighted by atomic mass is 10.1. The zero-order valence-electron chi connectivity index (χ0n) is 14.3. The number of nitrogens with zero attached hydrogens (tertiary/aromatic N) is 2. The highest BCUT2D eigenvalue weighted by atomic mass is 79.9. The molecule has 27 heavy (non-hydrogen) atoms. The molecule has 0 saturated heterocycles.